The molecule has 1 unspecified atom stereocenters. The van der Waals surface area contributed by atoms with Crippen LogP contribution in [-0.2, 0) is 0 Å². The molecular weight excluding hydrogens is 232 g/mol. The molecule has 5 fully saturated rings. The Morgan fingerprint density at radius 2 is 1.58 bits per heavy atom. The van der Waals surface area contributed by atoms with Crippen LogP contribution in [0.15, 0.2) is 0 Å². The fraction of sp³-hybridized carbons (Fsp3) is 1.00. The summed E-state index contributed by atoms with van der Waals surface area (Å²) in [6, 6.07) is 0.815. The van der Waals surface area contributed by atoms with E-state index in [1.54, 1.807) is 19.3 Å². The Morgan fingerprint density at radius 1 is 0.947 bits per heavy atom. The zero-order valence-electron chi connectivity index (χ0n) is 12.3. The second kappa shape index (κ2) is 4.73. The van der Waals surface area contributed by atoms with Gasteiger partial charge in [0, 0.05) is 11.6 Å². The van der Waals surface area contributed by atoms with Crippen molar-refractivity contribution in [2.24, 2.45) is 23.5 Å². The molecule has 5 rings (SSSR count). The third kappa shape index (κ3) is 2.06. The highest BCUT2D eigenvalue weighted by molar-refractivity contribution is 5.09. The second-order valence-electron chi connectivity index (χ2n) is 8.06. The third-order valence-corrected chi connectivity index (χ3v) is 6.74. The first-order valence-corrected chi connectivity index (χ1v) is 8.76. The molecule has 0 spiro atoms. The first-order chi connectivity index (χ1) is 9.29. The largest absolute Gasteiger partial charge is 0.330 e. The highest BCUT2D eigenvalue weighted by Crippen LogP contribution is 2.58. The van der Waals surface area contributed by atoms with E-state index in [1.165, 1.54) is 51.5 Å². The molecule has 1 heterocycles. The minimum absolute atomic E-state index is 0.620. The number of piperidine rings is 1. The average molecular weight is 262 g/mol. The number of rotatable bonds is 3. The second-order valence-corrected chi connectivity index (χ2v) is 8.06. The van der Waals surface area contributed by atoms with Gasteiger partial charge < -0.3 is 5.73 Å². The summed E-state index contributed by atoms with van der Waals surface area (Å²) < 4.78 is 0. The number of hydrogen-bond donors (Lipinski definition) is 1. The summed E-state index contributed by atoms with van der Waals surface area (Å²) >= 11 is 0. The van der Waals surface area contributed by atoms with Gasteiger partial charge >= 0.3 is 0 Å². The molecule has 4 bridgehead atoms. The smallest absolute Gasteiger partial charge is 0.0220 e. The van der Waals surface area contributed by atoms with Gasteiger partial charge in [0.1, 0.15) is 0 Å². The van der Waals surface area contributed by atoms with Gasteiger partial charge in [0.2, 0.25) is 0 Å². The molecule has 108 valence electrons. The van der Waals surface area contributed by atoms with Crippen molar-refractivity contribution in [3.8, 4) is 0 Å². The Balaban J connectivity index is 1.59. The number of nitrogens with two attached hydrogens (primary N) is 1. The average Bonchev–Trinajstić information content (AvgIpc) is 2.38. The Bertz CT molecular complexity index is 301. The minimum Gasteiger partial charge on any atom is -0.330 e. The van der Waals surface area contributed by atoms with E-state index in [1.807, 2.05) is 0 Å². The van der Waals surface area contributed by atoms with Crippen molar-refractivity contribution in [3.05, 3.63) is 0 Å². The van der Waals surface area contributed by atoms with E-state index in [2.05, 4.69) is 4.90 Å². The van der Waals surface area contributed by atoms with Crippen molar-refractivity contribution >= 4 is 0 Å². The first kappa shape index (κ1) is 12.6. The molecule has 19 heavy (non-hydrogen) atoms. The topological polar surface area (TPSA) is 29.3 Å². The van der Waals surface area contributed by atoms with Crippen LogP contribution < -0.4 is 5.73 Å². The highest BCUT2D eigenvalue weighted by atomic mass is 15.2. The summed E-state index contributed by atoms with van der Waals surface area (Å²) in [7, 11) is 0. The van der Waals surface area contributed by atoms with Gasteiger partial charge in [0.25, 0.3) is 0 Å². The van der Waals surface area contributed by atoms with E-state index in [4.69, 9.17) is 5.73 Å². The molecule has 5 aliphatic rings. The zero-order chi connectivity index (χ0) is 12.9. The lowest BCUT2D eigenvalue weighted by Gasteiger charge is -2.63. The minimum atomic E-state index is 0.620. The van der Waals surface area contributed by atoms with E-state index >= 15 is 0 Å². The molecule has 4 aliphatic carbocycles. The quantitative estimate of drug-likeness (QED) is 0.846. The molecule has 0 aromatic rings. The lowest BCUT2D eigenvalue weighted by atomic mass is 9.52. The molecule has 0 amide bonds. The van der Waals surface area contributed by atoms with Crippen molar-refractivity contribution < 1.29 is 0 Å². The molecule has 1 saturated heterocycles. The summed E-state index contributed by atoms with van der Waals surface area (Å²) in [6.45, 7) is 2.25. The molecule has 1 aliphatic heterocycles. The van der Waals surface area contributed by atoms with Gasteiger partial charge in [-0.1, -0.05) is 6.42 Å². The monoisotopic (exact) mass is 262 g/mol. The first-order valence-electron chi connectivity index (χ1n) is 8.76. The molecule has 2 nitrogen and oxygen atoms in total. The van der Waals surface area contributed by atoms with Crippen molar-refractivity contribution in [2.45, 2.75) is 75.8 Å². The molecule has 0 aromatic carbocycles. The molecular formula is C17H30N2. The number of nitrogens with zero attached hydrogens (tertiary/aromatic N) is 1. The molecule has 0 radical (unpaired) electrons. The summed E-state index contributed by atoms with van der Waals surface area (Å²) in [4.78, 5) is 2.98. The van der Waals surface area contributed by atoms with Gasteiger partial charge in [0.05, 0.1) is 0 Å². The normalized spacial score (nSPS) is 49.7. The molecule has 2 heteroatoms. The number of hydrogen-bond acceptors (Lipinski definition) is 2. The summed E-state index contributed by atoms with van der Waals surface area (Å²) in [5, 5.41) is 0. The van der Waals surface area contributed by atoms with Crippen molar-refractivity contribution in [3.63, 3.8) is 0 Å². The van der Waals surface area contributed by atoms with Crippen LogP contribution in [0.4, 0.5) is 0 Å². The molecule has 0 aromatic heterocycles. The van der Waals surface area contributed by atoms with Crippen LogP contribution in [0.5, 0.6) is 0 Å². The fourth-order valence-corrected chi connectivity index (χ4v) is 6.53. The molecule has 4 saturated carbocycles. The third-order valence-electron chi connectivity index (χ3n) is 6.74. The lowest BCUT2D eigenvalue weighted by molar-refractivity contribution is -0.113. The predicted octanol–water partition coefficient (Wildman–Crippen LogP) is 3.16. The van der Waals surface area contributed by atoms with Gasteiger partial charge in [0.15, 0.2) is 0 Å². The van der Waals surface area contributed by atoms with E-state index in [0.29, 0.717) is 5.54 Å². The Hall–Kier alpha value is -0.0800. The Kier molecular flexibility index (Phi) is 3.15. The molecule has 2 N–H and O–H groups in total. The highest BCUT2D eigenvalue weighted by Gasteiger charge is 2.54. The van der Waals surface area contributed by atoms with Gasteiger partial charge in [-0.15, -0.1) is 0 Å². The summed E-state index contributed by atoms with van der Waals surface area (Å²) in [5.41, 5.74) is 6.51. The van der Waals surface area contributed by atoms with Crippen LogP contribution in [0, 0.1) is 17.8 Å². The summed E-state index contributed by atoms with van der Waals surface area (Å²) in [6.07, 6.45) is 14.8. The van der Waals surface area contributed by atoms with Crippen LogP contribution in [0.1, 0.15) is 64.2 Å². The SMILES string of the molecule is NCCC1CCCCN1C12CC3CC(CC(C3)C1)C2. The van der Waals surface area contributed by atoms with Crippen molar-refractivity contribution in [1.29, 1.82) is 0 Å². The maximum Gasteiger partial charge on any atom is 0.0220 e. The number of likely N-dealkylation sites (tertiary alicyclic amines) is 1. The lowest BCUT2D eigenvalue weighted by Crippen LogP contribution is -2.63. The van der Waals surface area contributed by atoms with Gasteiger partial charge in [-0.05, 0) is 88.6 Å². The summed E-state index contributed by atoms with van der Waals surface area (Å²) in [5.74, 6) is 3.23. The van der Waals surface area contributed by atoms with Crippen LogP contribution in [0.3, 0.4) is 0 Å². The maximum absolute atomic E-state index is 5.89. The van der Waals surface area contributed by atoms with Crippen molar-refractivity contribution in [1.82, 2.24) is 4.90 Å². The van der Waals surface area contributed by atoms with Gasteiger partial charge in [-0.2, -0.15) is 0 Å². The standard InChI is InChI=1S/C17H30N2/c18-5-4-16-3-1-2-6-19(16)17-10-13-7-14(11-17)9-15(8-13)12-17/h13-16H,1-12,18H2. The Labute approximate surface area is 118 Å². The van der Waals surface area contributed by atoms with Crippen LogP contribution in [-0.4, -0.2) is 29.6 Å². The van der Waals surface area contributed by atoms with E-state index in [9.17, 15) is 0 Å². The van der Waals surface area contributed by atoms with Crippen LogP contribution >= 0.6 is 0 Å². The Morgan fingerprint density at radius 3 is 2.16 bits per heavy atom. The van der Waals surface area contributed by atoms with E-state index in [-0.39, 0.29) is 0 Å². The van der Waals surface area contributed by atoms with Crippen LogP contribution in [0.2, 0.25) is 0 Å². The van der Waals surface area contributed by atoms with E-state index in [0.717, 1.165) is 30.3 Å². The predicted molar refractivity (Wildman–Crippen MR) is 78.9 cm³/mol. The maximum atomic E-state index is 5.89. The van der Waals surface area contributed by atoms with Gasteiger partial charge in [-0.25, -0.2) is 0 Å². The van der Waals surface area contributed by atoms with Crippen LogP contribution in [0.25, 0.3) is 0 Å². The fourth-order valence-electron chi connectivity index (χ4n) is 6.53. The van der Waals surface area contributed by atoms with Crippen molar-refractivity contribution in [2.75, 3.05) is 13.1 Å². The molecule has 1 atom stereocenters. The van der Waals surface area contributed by atoms with E-state index < -0.39 is 0 Å². The zero-order valence-corrected chi connectivity index (χ0v) is 12.3. The van der Waals surface area contributed by atoms with Gasteiger partial charge in [-0.3, -0.25) is 4.90 Å².